The lowest BCUT2D eigenvalue weighted by atomic mass is 10.1. The number of hydrogen-bond donors (Lipinski definition) is 2. The zero-order valence-electron chi connectivity index (χ0n) is 12.1. The molecule has 1 atom stereocenters. The summed E-state index contributed by atoms with van der Waals surface area (Å²) in [5.41, 5.74) is 1.76. The number of nitrogens with one attached hydrogen (secondary N) is 1. The molecule has 0 aliphatic carbocycles. The van der Waals surface area contributed by atoms with E-state index in [1.807, 2.05) is 24.3 Å². The highest BCUT2D eigenvalue weighted by Gasteiger charge is 2.18. The second kappa shape index (κ2) is 9.66. The molecule has 0 aromatic heterocycles. The Balaban J connectivity index is 2.56. The van der Waals surface area contributed by atoms with Crippen LogP contribution in [0.3, 0.4) is 0 Å². The Morgan fingerprint density at radius 3 is 2.55 bits per heavy atom. The van der Waals surface area contributed by atoms with E-state index < -0.39 is 0 Å². The molecule has 0 spiro atoms. The van der Waals surface area contributed by atoms with Crippen molar-refractivity contribution >= 4 is 17.7 Å². The largest absolute Gasteiger partial charge is 0.497 e. The van der Waals surface area contributed by atoms with E-state index in [1.54, 1.807) is 12.6 Å². The average molecular weight is 297 g/mol. The number of rotatable bonds is 9. The molecule has 2 N–H and O–H groups in total. The average Bonchev–Trinajstić information content (AvgIpc) is 2.50. The van der Waals surface area contributed by atoms with E-state index in [2.05, 4.69) is 6.92 Å². The lowest BCUT2D eigenvalue weighted by molar-refractivity contribution is -0.128. The number of carbonyl (C=O) groups is 1. The smallest absolute Gasteiger partial charge is 0.256 e. The molecule has 0 heterocycles. The lowest BCUT2D eigenvalue weighted by Gasteiger charge is -2.14. The molecule has 0 bridgehead atoms. The Hall–Kier alpha value is -1.20. The normalized spacial score (nSPS) is 11.9. The van der Waals surface area contributed by atoms with Crippen LogP contribution in [-0.2, 0) is 4.79 Å². The Labute approximate surface area is 124 Å². The predicted octanol–water partition coefficient (Wildman–Crippen LogP) is 3.63. The highest BCUT2D eigenvalue weighted by atomic mass is 32.2. The maximum Gasteiger partial charge on any atom is 0.256 e. The van der Waals surface area contributed by atoms with E-state index in [-0.39, 0.29) is 11.2 Å². The molecule has 1 aromatic carbocycles. The van der Waals surface area contributed by atoms with Gasteiger partial charge in [0, 0.05) is 4.90 Å². The summed E-state index contributed by atoms with van der Waals surface area (Å²) in [5.74, 6) is 0.461. The molecule has 0 radical (unpaired) electrons. The number of benzene rings is 1. The molecule has 20 heavy (non-hydrogen) atoms. The van der Waals surface area contributed by atoms with Gasteiger partial charge in [0.25, 0.3) is 5.91 Å². The van der Waals surface area contributed by atoms with Gasteiger partial charge < -0.3 is 4.74 Å². The van der Waals surface area contributed by atoms with Gasteiger partial charge in [0.15, 0.2) is 0 Å². The van der Waals surface area contributed by atoms with Gasteiger partial charge in [0.1, 0.15) is 5.75 Å². The molecular weight excluding hydrogens is 274 g/mol. The van der Waals surface area contributed by atoms with Gasteiger partial charge >= 0.3 is 0 Å². The zero-order valence-corrected chi connectivity index (χ0v) is 12.9. The molecule has 1 rings (SSSR count). The highest BCUT2D eigenvalue weighted by molar-refractivity contribution is 8.00. The summed E-state index contributed by atoms with van der Waals surface area (Å²) in [7, 11) is 1.62. The third kappa shape index (κ3) is 5.84. The number of unbranched alkanes of at least 4 members (excludes halogenated alkanes) is 3. The maximum absolute atomic E-state index is 11.7. The fourth-order valence-corrected chi connectivity index (χ4v) is 2.96. The van der Waals surface area contributed by atoms with Crippen molar-refractivity contribution in [2.24, 2.45) is 0 Å². The standard InChI is InChI=1S/C15H23NO3S/c1-3-4-5-6-7-14(15(17)16-18)20-13-10-8-12(19-2)9-11-13/h8-11,14,18H,3-7H2,1-2H3,(H,16,17). The molecule has 0 aliphatic rings. The first-order chi connectivity index (χ1) is 9.71. The van der Waals surface area contributed by atoms with E-state index in [1.165, 1.54) is 24.6 Å². The Morgan fingerprint density at radius 1 is 1.30 bits per heavy atom. The molecular formula is C15H23NO3S. The minimum Gasteiger partial charge on any atom is -0.497 e. The summed E-state index contributed by atoms with van der Waals surface area (Å²) in [4.78, 5) is 12.7. The van der Waals surface area contributed by atoms with Gasteiger partial charge in [-0.1, -0.05) is 32.6 Å². The van der Waals surface area contributed by atoms with Crippen LogP contribution in [0.2, 0.25) is 0 Å². The van der Waals surface area contributed by atoms with Gasteiger partial charge in [-0.3, -0.25) is 10.0 Å². The summed E-state index contributed by atoms with van der Waals surface area (Å²) < 4.78 is 5.11. The van der Waals surface area contributed by atoms with Crippen molar-refractivity contribution in [3.05, 3.63) is 24.3 Å². The van der Waals surface area contributed by atoms with Crippen LogP contribution in [0, 0.1) is 0 Å². The highest BCUT2D eigenvalue weighted by Crippen LogP contribution is 2.28. The number of carbonyl (C=O) groups excluding carboxylic acids is 1. The second-order valence-electron chi connectivity index (χ2n) is 4.61. The molecule has 1 amide bonds. The number of hydrogen-bond acceptors (Lipinski definition) is 4. The van der Waals surface area contributed by atoms with E-state index >= 15 is 0 Å². The van der Waals surface area contributed by atoms with E-state index in [9.17, 15) is 4.79 Å². The van der Waals surface area contributed by atoms with E-state index in [4.69, 9.17) is 9.94 Å². The summed E-state index contributed by atoms with van der Waals surface area (Å²) >= 11 is 1.47. The third-order valence-corrected chi connectivity index (χ3v) is 4.34. The molecule has 112 valence electrons. The second-order valence-corrected chi connectivity index (χ2v) is 5.88. The van der Waals surface area contributed by atoms with Crippen molar-refractivity contribution in [2.75, 3.05) is 7.11 Å². The van der Waals surface area contributed by atoms with Crippen molar-refractivity contribution in [2.45, 2.75) is 49.2 Å². The Kier molecular flexibility index (Phi) is 8.14. The Morgan fingerprint density at radius 2 is 2.00 bits per heavy atom. The first-order valence-electron chi connectivity index (χ1n) is 6.96. The molecule has 4 nitrogen and oxygen atoms in total. The van der Waals surface area contributed by atoms with Crippen LogP contribution in [0.25, 0.3) is 0 Å². The molecule has 1 unspecified atom stereocenters. The lowest BCUT2D eigenvalue weighted by Crippen LogP contribution is -2.30. The van der Waals surface area contributed by atoms with Gasteiger partial charge in [0.2, 0.25) is 0 Å². The minimum atomic E-state index is -0.331. The van der Waals surface area contributed by atoms with Crippen molar-refractivity contribution in [3.8, 4) is 5.75 Å². The van der Waals surface area contributed by atoms with Crippen molar-refractivity contribution in [3.63, 3.8) is 0 Å². The summed E-state index contributed by atoms with van der Waals surface area (Å²) in [6, 6.07) is 7.58. The molecule has 0 saturated heterocycles. The Bertz CT molecular complexity index is 395. The molecule has 0 saturated carbocycles. The maximum atomic E-state index is 11.7. The van der Waals surface area contributed by atoms with Crippen LogP contribution in [0.15, 0.2) is 29.2 Å². The first kappa shape index (κ1) is 16.9. The quantitative estimate of drug-likeness (QED) is 0.316. The first-order valence-corrected chi connectivity index (χ1v) is 7.83. The van der Waals surface area contributed by atoms with Crippen molar-refractivity contribution in [1.29, 1.82) is 0 Å². The van der Waals surface area contributed by atoms with Gasteiger partial charge in [-0.15, -0.1) is 11.8 Å². The van der Waals surface area contributed by atoms with E-state index in [0.717, 1.165) is 29.9 Å². The van der Waals surface area contributed by atoms with Crippen LogP contribution in [0.1, 0.15) is 39.0 Å². The number of ether oxygens (including phenoxy) is 1. The van der Waals surface area contributed by atoms with E-state index in [0.29, 0.717) is 0 Å². The summed E-state index contributed by atoms with van der Waals surface area (Å²) in [6.45, 7) is 2.16. The van der Waals surface area contributed by atoms with Crippen LogP contribution >= 0.6 is 11.8 Å². The molecule has 0 aliphatic heterocycles. The van der Waals surface area contributed by atoms with Gasteiger partial charge in [0.05, 0.1) is 12.4 Å². The SMILES string of the molecule is CCCCCCC(Sc1ccc(OC)cc1)C(=O)NO. The van der Waals surface area contributed by atoms with Gasteiger partial charge in [-0.05, 0) is 30.7 Å². The molecule has 5 heteroatoms. The minimum absolute atomic E-state index is 0.259. The van der Waals surface area contributed by atoms with Crippen LogP contribution in [0.4, 0.5) is 0 Å². The van der Waals surface area contributed by atoms with Crippen molar-refractivity contribution in [1.82, 2.24) is 5.48 Å². The summed E-state index contributed by atoms with van der Waals surface area (Å²) in [5, 5.41) is 8.58. The topological polar surface area (TPSA) is 58.6 Å². The fraction of sp³-hybridized carbons (Fsp3) is 0.533. The van der Waals surface area contributed by atoms with Crippen LogP contribution < -0.4 is 10.2 Å². The van der Waals surface area contributed by atoms with Crippen molar-refractivity contribution < 1.29 is 14.7 Å². The third-order valence-electron chi connectivity index (χ3n) is 3.06. The molecule has 0 fully saturated rings. The number of methoxy groups -OCH3 is 1. The molecule has 1 aromatic rings. The predicted molar refractivity (Wildman–Crippen MR) is 81.3 cm³/mol. The number of amides is 1. The monoisotopic (exact) mass is 297 g/mol. The van der Waals surface area contributed by atoms with Crippen LogP contribution in [0.5, 0.6) is 5.75 Å². The zero-order chi connectivity index (χ0) is 14.8. The number of hydroxylamine groups is 1. The van der Waals surface area contributed by atoms with Gasteiger partial charge in [-0.2, -0.15) is 0 Å². The fourth-order valence-electron chi connectivity index (χ4n) is 1.89. The summed E-state index contributed by atoms with van der Waals surface area (Å²) in [6.07, 6.45) is 5.23. The number of thioether (sulfide) groups is 1. The van der Waals surface area contributed by atoms with Gasteiger partial charge in [-0.25, -0.2) is 5.48 Å². The van der Waals surface area contributed by atoms with Crippen LogP contribution in [-0.4, -0.2) is 23.5 Å².